The van der Waals surface area contributed by atoms with Gasteiger partial charge in [0.25, 0.3) is 0 Å². The molecule has 1 amide bonds. The zero-order valence-electron chi connectivity index (χ0n) is 9.39. The first-order valence-electron chi connectivity index (χ1n) is 5.41. The van der Waals surface area contributed by atoms with E-state index >= 15 is 0 Å². The second-order valence-electron chi connectivity index (χ2n) is 3.92. The van der Waals surface area contributed by atoms with Crippen molar-refractivity contribution in [2.24, 2.45) is 0 Å². The average Bonchev–Trinajstić information content (AvgIpc) is 2.32. The van der Waals surface area contributed by atoms with Gasteiger partial charge in [-0.1, -0.05) is 11.6 Å². The van der Waals surface area contributed by atoms with E-state index in [1.54, 1.807) is 0 Å². The summed E-state index contributed by atoms with van der Waals surface area (Å²) in [6.07, 6.45) is 2.40. The van der Waals surface area contributed by atoms with Crippen molar-refractivity contribution in [3.63, 3.8) is 0 Å². The second kappa shape index (κ2) is 5.21. The van der Waals surface area contributed by atoms with Crippen LogP contribution in [0.2, 0.25) is 5.15 Å². The Kier molecular flexibility index (Phi) is 3.84. The molecule has 0 spiro atoms. The first-order chi connectivity index (χ1) is 8.49. The lowest BCUT2D eigenvalue weighted by molar-refractivity contribution is -0.124. The minimum atomic E-state index is -3.74. The van der Waals surface area contributed by atoms with E-state index in [4.69, 9.17) is 11.6 Å². The number of nitrogens with zero attached hydrogens (tertiary/aromatic N) is 1. The lowest BCUT2D eigenvalue weighted by Crippen LogP contribution is -2.50. The van der Waals surface area contributed by atoms with Gasteiger partial charge >= 0.3 is 0 Å². The number of aromatic nitrogens is 1. The number of hydrogen-bond acceptors (Lipinski definition) is 4. The molecule has 1 aliphatic rings. The van der Waals surface area contributed by atoms with E-state index < -0.39 is 16.1 Å². The Morgan fingerprint density at radius 2 is 2.22 bits per heavy atom. The molecule has 1 atom stereocenters. The molecule has 1 aromatic rings. The van der Waals surface area contributed by atoms with Crippen LogP contribution in [-0.4, -0.2) is 31.9 Å². The highest BCUT2D eigenvalue weighted by molar-refractivity contribution is 7.89. The average molecular weight is 290 g/mol. The number of piperidine rings is 1. The van der Waals surface area contributed by atoms with Gasteiger partial charge in [0.2, 0.25) is 15.9 Å². The molecule has 6 nitrogen and oxygen atoms in total. The summed E-state index contributed by atoms with van der Waals surface area (Å²) >= 11 is 5.59. The lowest BCUT2D eigenvalue weighted by atomic mass is 10.1. The van der Waals surface area contributed by atoms with Crippen LogP contribution in [0.15, 0.2) is 23.2 Å². The van der Waals surface area contributed by atoms with Gasteiger partial charge in [0.15, 0.2) is 0 Å². The number of carbonyl (C=O) groups is 1. The Balaban J connectivity index is 2.16. The maximum Gasteiger partial charge on any atom is 0.242 e. The Morgan fingerprint density at radius 1 is 1.44 bits per heavy atom. The lowest BCUT2D eigenvalue weighted by Gasteiger charge is -2.22. The zero-order chi connectivity index (χ0) is 13.2. The number of carbonyl (C=O) groups excluding carboxylic acids is 1. The molecule has 2 heterocycles. The van der Waals surface area contributed by atoms with E-state index in [1.807, 2.05) is 0 Å². The number of pyridine rings is 1. The van der Waals surface area contributed by atoms with E-state index in [2.05, 4.69) is 15.0 Å². The van der Waals surface area contributed by atoms with Crippen LogP contribution in [0.3, 0.4) is 0 Å². The van der Waals surface area contributed by atoms with Crippen LogP contribution in [0.4, 0.5) is 0 Å². The van der Waals surface area contributed by atoms with Gasteiger partial charge in [0, 0.05) is 12.7 Å². The summed E-state index contributed by atoms with van der Waals surface area (Å²) < 4.78 is 26.3. The van der Waals surface area contributed by atoms with Gasteiger partial charge in [0.05, 0.1) is 0 Å². The normalized spacial score (nSPS) is 20.5. The second-order valence-corrected chi connectivity index (χ2v) is 6.02. The molecular weight excluding hydrogens is 278 g/mol. The third kappa shape index (κ3) is 2.98. The van der Waals surface area contributed by atoms with Crippen molar-refractivity contribution in [2.45, 2.75) is 23.8 Å². The first-order valence-corrected chi connectivity index (χ1v) is 7.27. The molecule has 98 valence electrons. The maximum absolute atomic E-state index is 12.0. The fourth-order valence-electron chi connectivity index (χ4n) is 1.66. The smallest absolute Gasteiger partial charge is 0.242 e. The summed E-state index contributed by atoms with van der Waals surface area (Å²) in [5, 5.41) is 2.83. The molecule has 1 saturated heterocycles. The highest BCUT2D eigenvalue weighted by atomic mass is 35.5. The van der Waals surface area contributed by atoms with E-state index in [0.29, 0.717) is 13.0 Å². The van der Waals surface area contributed by atoms with E-state index in [9.17, 15) is 13.2 Å². The van der Waals surface area contributed by atoms with Crippen LogP contribution in [0, 0.1) is 0 Å². The summed E-state index contributed by atoms with van der Waals surface area (Å²) in [5.74, 6) is -0.299. The van der Waals surface area contributed by atoms with Crippen molar-refractivity contribution in [3.05, 3.63) is 23.5 Å². The molecule has 1 fully saturated rings. The van der Waals surface area contributed by atoms with Crippen molar-refractivity contribution in [1.82, 2.24) is 15.0 Å². The Morgan fingerprint density at radius 3 is 2.83 bits per heavy atom. The molecule has 1 aliphatic heterocycles. The fraction of sp³-hybridized carbons (Fsp3) is 0.400. The summed E-state index contributed by atoms with van der Waals surface area (Å²) in [5.41, 5.74) is 0. The summed E-state index contributed by atoms with van der Waals surface area (Å²) in [6, 6.07) is 2.01. The van der Waals surface area contributed by atoms with Crippen LogP contribution >= 0.6 is 11.6 Å². The molecule has 8 heteroatoms. The summed E-state index contributed by atoms with van der Waals surface area (Å²) in [6.45, 7) is 0.583. The molecule has 0 bridgehead atoms. The van der Waals surface area contributed by atoms with E-state index in [0.717, 1.165) is 12.6 Å². The Bertz CT molecular complexity index is 544. The van der Waals surface area contributed by atoms with Gasteiger partial charge in [-0.2, -0.15) is 4.72 Å². The summed E-state index contributed by atoms with van der Waals surface area (Å²) in [7, 11) is -3.74. The number of rotatable bonds is 3. The molecule has 0 radical (unpaired) electrons. The van der Waals surface area contributed by atoms with Gasteiger partial charge in [-0.05, 0) is 25.0 Å². The third-order valence-electron chi connectivity index (χ3n) is 2.59. The van der Waals surface area contributed by atoms with E-state index in [1.165, 1.54) is 12.1 Å². The number of nitrogens with one attached hydrogen (secondary N) is 2. The van der Waals surface area contributed by atoms with Crippen LogP contribution in [0.1, 0.15) is 12.8 Å². The van der Waals surface area contributed by atoms with Crippen LogP contribution in [0.25, 0.3) is 0 Å². The fourth-order valence-corrected chi connectivity index (χ4v) is 2.95. The molecule has 0 aliphatic carbocycles. The molecule has 1 unspecified atom stereocenters. The highest BCUT2D eigenvalue weighted by Gasteiger charge is 2.27. The van der Waals surface area contributed by atoms with Gasteiger partial charge in [-0.3, -0.25) is 4.79 Å². The topological polar surface area (TPSA) is 88.2 Å². The number of hydrogen-bond donors (Lipinski definition) is 2. The molecule has 1 aromatic heterocycles. The van der Waals surface area contributed by atoms with E-state index in [-0.39, 0.29) is 16.0 Å². The van der Waals surface area contributed by atoms with Crippen molar-refractivity contribution in [2.75, 3.05) is 6.54 Å². The number of halogens is 1. The van der Waals surface area contributed by atoms with Crippen molar-refractivity contribution in [3.8, 4) is 0 Å². The zero-order valence-corrected chi connectivity index (χ0v) is 11.0. The van der Waals surface area contributed by atoms with Gasteiger partial charge in [-0.25, -0.2) is 13.4 Å². The van der Waals surface area contributed by atoms with Gasteiger partial charge in [-0.15, -0.1) is 0 Å². The molecule has 2 N–H and O–H groups in total. The Labute approximate surface area is 110 Å². The van der Waals surface area contributed by atoms with Crippen LogP contribution < -0.4 is 10.0 Å². The molecule has 0 aromatic carbocycles. The molecule has 0 saturated carbocycles. The summed E-state index contributed by atoms with van der Waals surface area (Å²) in [4.78, 5) is 15.2. The largest absolute Gasteiger partial charge is 0.355 e. The highest BCUT2D eigenvalue weighted by Crippen LogP contribution is 2.13. The first kappa shape index (κ1) is 13.3. The standard InChI is InChI=1S/C10H12ClN3O3S/c11-9-4-3-7(6-13-9)18(16,17)14-8-2-1-5-12-10(8)15/h3-4,6,8,14H,1-2,5H2,(H,12,15). The predicted molar refractivity (Wildman–Crippen MR) is 65.6 cm³/mol. The van der Waals surface area contributed by atoms with Crippen LogP contribution in [-0.2, 0) is 14.8 Å². The quantitative estimate of drug-likeness (QED) is 0.783. The Hall–Kier alpha value is -1.18. The van der Waals surface area contributed by atoms with Crippen molar-refractivity contribution >= 4 is 27.5 Å². The van der Waals surface area contributed by atoms with Crippen molar-refractivity contribution < 1.29 is 13.2 Å². The predicted octanol–water partition coefficient (Wildman–Crippen LogP) is 0.292. The van der Waals surface area contributed by atoms with Gasteiger partial charge in [0.1, 0.15) is 16.1 Å². The maximum atomic E-state index is 12.0. The number of sulfonamides is 1. The third-order valence-corrected chi connectivity index (χ3v) is 4.27. The minimum absolute atomic E-state index is 0.00901. The molecule has 18 heavy (non-hydrogen) atoms. The monoisotopic (exact) mass is 289 g/mol. The van der Waals surface area contributed by atoms with Crippen molar-refractivity contribution in [1.29, 1.82) is 0 Å². The minimum Gasteiger partial charge on any atom is -0.355 e. The molecule has 2 rings (SSSR count). The van der Waals surface area contributed by atoms with Gasteiger partial charge < -0.3 is 5.32 Å². The van der Waals surface area contributed by atoms with Crippen LogP contribution in [0.5, 0.6) is 0 Å². The SMILES string of the molecule is O=C1NCCCC1NS(=O)(=O)c1ccc(Cl)nc1. The molecular formula is C10H12ClN3O3S. The number of amides is 1.